The van der Waals surface area contributed by atoms with E-state index in [9.17, 15) is 22.8 Å². The summed E-state index contributed by atoms with van der Waals surface area (Å²) < 4.78 is 46.5. The molecule has 2 aromatic rings. The van der Waals surface area contributed by atoms with Crippen LogP contribution in [0.1, 0.15) is 59.6 Å². The van der Waals surface area contributed by atoms with Crippen molar-refractivity contribution in [2.75, 3.05) is 24.7 Å². The standard InChI is InChI=1S/C25H26F3N3O4S/c1-2-22-29-20(15-36-22)23(33)31(21-8-9-30(24(21)34)17-6-4-3-5-7-17)18-12-16(25(26,27)28)13-19(14-18)35-11-10-32/h1,12-15,17,21,32H,3-11H2. The van der Waals surface area contributed by atoms with Gasteiger partial charge in [0, 0.05) is 29.7 Å². The molecule has 4 rings (SSSR count). The van der Waals surface area contributed by atoms with Crippen LogP contribution in [0, 0.1) is 12.3 Å². The van der Waals surface area contributed by atoms with Crippen molar-refractivity contribution in [3.05, 3.63) is 39.8 Å². The van der Waals surface area contributed by atoms with Gasteiger partial charge in [-0.25, -0.2) is 4.98 Å². The van der Waals surface area contributed by atoms with Crippen molar-refractivity contribution in [2.24, 2.45) is 0 Å². The molecule has 1 atom stereocenters. The molecular formula is C25H26F3N3O4S. The highest BCUT2D eigenvalue weighted by Crippen LogP contribution is 2.38. The number of benzene rings is 1. The summed E-state index contributed by atoms with van der Waals surface area (Å²) in [7, 11) is 0. The van der Waals surface area contributed by atoms with Crippen molar-refractivity contribution in [1.29, 1.82) is 0 Å². The van der Waals surface area contributed by atoms with Crippen LogP contribution >= 0.6 is 11.3 Å². The molecule has 7 nitrogen and oxygen atoms in total. The zero-order valence-electron chi connectivity index (χ0n) is 19.5. The molecule has 1 aromatic carbocycles. The summed E-state index contributed by atoms with van der Waals surface area (Å²) in [6.45, 7) is -0.221. The molecule has 2 heterocycles. The van der Waals surface area contributed by atoms with E-state index in [0.717, 1.165) is 60.5 Å². The van der Waals surface area contributed by atoms with Gasteiger partial charge in [-0.1, -0.05) is 19.3 Å². The van der Waals surface area contributed by atoms with Gasteiger partial charge >= 0.3 is 6.18 Å². The number of hydrogen-bond acceptors (Lipinski definition) is 6. The zero-order valence-corrected chi connectivity index (χ0v) is 20.3. The van der Waals surface area contributed by atoms with Crippen LogP contribution in [-0.4, -0.2) is 58.6 Å². The molecule has 2 fully saturated rings. The summed E-state index contributed by atoms with van der Waals surface area (Å²) in [5, 5.41) is 10.7. The molecule has 0 bridgehead atoms. The van der Waals surface area contributed by atoms with Gasteiger partial charge in [0.15, 0.2) is 5.01 Å². The second kappa shape index (κ2) is 10.9. The predicted molar refractivity (Wildman–Crippen MR) is 128 cm³/mol. The molecule has 2 aliphatic rings. The quantitative estimate of drug-likeness (QED) is 0.555. The number of likely N-dealkylation sites (tertiary alicyclic amines) is 1. The van der Waals surface area contributed by atoms with Gasteiger partial charge in [0.25, 0.3) is 5.91 Å². The number of ether oxygens (including phenoxy) is 1. The highest BCUT2D eigenvalue weighted by molar-refractivity contribution is 7.10. The molecule has 1 unspecified atom stereocenters. The fraction of sp³-hybridized carbons (Fsp3) is 0.480. The first-order valence-corrected chi connectivity index (χ1v) is 12.6. The average Bonchev–Trinajstić information content (AvgIpc) is 3.50. The first-order valence-electron chi connectivity index (χ1n) is 11.7. The van der Waals surface area contributed by atoms with Gasteiger partial charge in [0.2, 0.25) is 5.91 Å². The summed E-state index contributed by atoms with van der Waals surface area (Å²) in [5.41, 5.74) is -1.23. The number of aromatic nitrogens is 1. The molecule has 1 saturated heterocycles. The minimum Gasteiger partial charge on any atom is -0.491 e. The van der Waals surface area contributed by atoms with E-state index in [4.69, 9.17) is 16.3 Å². The lowest BCUT2D eigenvalue weighted by atomic mass is 9.94. The van der Waals surface area contributed by atoms with E-state index in [-0.39, 0.29) is 47.1 Å². The number of aliphatic hydroxyl groups is 1. The third kappa shape index (κ3) is 5.50. The Morgan fingerprint density at radius 1 is 1.25 bits per heavy atom. The maximum absolute atomic E-state index is 13.7. The van der Waals surface area contributed by atoms with Crippen LogP contribution in [0.15, 0.2) is 23.6 Å². The average molecular weight is 522 g/mol. The SMILES string of the molecule is C#Cc1nc(C(=O)N(c2cc(OCCO)cc(C(F)(F)F)c2)C2CCN(C3CCCCC3)C2=O)cs1. The Hall–Kier alpha value is -3.10. The summed E-state index contributed by atoms with van der Waals surface area (Å²) in [5.74, 6) is 1.15. The fourth-order valence-corrected chi connectivity index (χ4v) is 5.41. The van der Waals surface area contributed by atoms with Crippen molar-refractivity contribution in [3.63, 3.8) is 0 Å². The zero-order chi connectivity index (χ0) is 25.9. The van der Waals surface area contributed by atoms with Crippen LogP contribution in [0.4, 0.5) is 18.9 Å². The smallest absolute Gasteiger partial charge is 0.416 e. The third-order valence-corrected chi connectivity index (χ3v) is 7.23. The van der Waals surface area contributed by atoms with E-state index >= 15 is 0 Å². The Labute approximate surface area is 210 Å². The molecule has 2 amide bonds. The first kappa shape index (κ1) is 26.0. The van der Waals surface area contributed by atoms with Crippen LogP contribution in [0.3, 0.4) is 0 Å². The molecular weight excluding hydrogens is 495 g/mol. The Balaban J connectivity index is 1.76. The lowest BCUT2D eigenvalue weighted by Gasteiger charge is -2.33. The van der Waals surface area contributed by atoms with Crippen molar-refractivity contribution < 1.29 is 32.6 Å². The Bertz CT molecular complexity index is 1150. The number of aliphatic hydroxyl groups excluding tert-OH is 1. The minimum atomic E-state index is -4.73. The van der Waals surface area contributed by atoms with Crippen molar-refractivity contribution in [2.45, 2.75) is 56.8 Å². The lowest BCUT2D eigenvalue weighted by Crippen LogP contribution is -2.48. The number of thiazole rings is 1. The van der Waals surface area contributed by atoms with Gasteiger partial charge in [0.1, 0.15) is 24.1 Å². The second-order valence-electron chi connectivity index (χ2n) is 8.77. The van der Waals surface area contributed by atoms with Gasteiger partial charge in [-0.2, -0.15) is 13.2 Å². The molecule has 1 aromatic heterocycles. The maximum Gasteiger partial charge on any atom is 0.416 e. The summed E-state index contributed by atoms with van der Waals surface area (Å²) >= 11 is 1.06. The minimum absolute atomic E-state index is 0.0490. The monoisotopic (exact) mass is 521 g/mol. The number of nitrogens with zero attached hydrogens (tertiary/aromatic N) is 3. The van der Waals surface area contributed by atoms with Crippen molar-refractivity contribution in [1.82, 2.24) is 9.88 Å². The largest absolute Gasteiger partial charge is 0.491 e. The van der Waals surface area contributed by atoms with Crippen LogP contribution in [-0.2, 0) is 11.0 Å². The Morgan fingerprint density at radius 2 is 2.00 bits per heavy atom. The number of anilines is 1. The van der Waals surface area contributed by atoms with E-state index in [1.54, 1.807) is 4.90 Å². The molecule has 1 aliphatic carbocycles. The van der Waals surface area contributed by atoms with Crippen molar-refractivity contribution >= 4 is 28.8 Å². The molecule has 192 valence electrons. The number of carbonyl (C=O) groups excluding carboxylic acids is 2. The molecule has 11 heteroatoms. The molecule has 1 aliphatic heterocycles. The number of terminal acetylenes is 1. The van der Waals surface area contributed by atoms with E-state index in [2.05, 4.69) is 10.9 Å². The van der Waals surface area contributed by atoms with Gasteiger partial charge in [-0.3, -0.25) is 14.5 Å². The van der Waals surface area contributed by atoms with E-state index < -0.39 is 30.3 Å². The number of alkyl halides is 3. The summed E-state index contributed by atoms with van der Waals surface area (Å²) in [6.07, 6.45) is 5.78. The number of rotatable bonds is 7. The number of carbonyl (C=O) groups is 2. The van der Waals surface area contributed by atoms with Gasteiger partial charge in [-0.05, 0) is 37.3 Å². The van der Waals surface area contributed by atoms with Gasteiger partial charge in [0.05, 0.1) is 12.2 Å². The Morgan fingerprint density at radius 3 is 2.64 bits per heavy atom. The van der Waals surface area contributed by atoms with Crippen LogP contribution in [0.25, 0.3) is 0 Å². The van der Waals surface area contributed by atoms with Crippen molar-refractivity contribution in [3.8, 4) is 18.1 Å². The number of hydrogen-bond donors (Lipinski definition) is 1. The lowest BCUT2D eigenvalue weighted by molar-refractivity contribution is -0.137. The highest BCUT2D eigenvalue weighted by atomic mass is 32.1. The van der Waals surface area contributed by atoms with Crippen LogP contribution in [0.5, 0.6) is 5.75 Å². The Kier molecular flexibility index (Phi) is 7.85. The summed E-state index contributed by atoms with van der Waals surface area (Å²) in [6, 6.07) is 1.96. The third-order valence-electron chi connectivity index (χ3n) is 6.46. The number of amides is 2. The molecule has 0 spiro atoms. The fourth-order valence-electron chi connectivity index (χ4n) is 4.81. The van der Waals surface area contributed by atoms with Crippen LogP contribution in [0.2, 0.25) is 0 Å². The molecule has 36 heavy (non-hydrogen) atoms. The topological polar surface area (TPSA) is 83.0 Å². The summed E-state index contributed by atoms with van der Waals surface area (Å²) in [4.78, 5) is 34.1. The number of halogens is 3. The van der Waals surface area contributed by atoms with Gasteiger partial charge < -0.3 is 14.7 Å². The van der Waals surface area contributed by atoms with Crippen LogP contribution < -0.4 is 9.64 Å². The molecule has 0 radical (unpaired) electrons. The first-order chi connectivity index (χ1) is 17.2. The normalized spacial score (nSPS) is 18.8. The van der Waals surface area contributed by atoms with E-state index in [1.807, 2.05) is 0 Å². The molecule has 1 N–H and O–H groups in total. The second-order valence-corrected chi connectivity index (χ2v) is 9.63. The van der Waals surface area contributed by atoms with E-state index in [0.29, 0.717) is 6.54 Å². The maximum atomic E-state index is 13.7. The van der Waals surface area contributed by atoms with E-state index in [1.165, 1.54) is 11.4 Å². The molecule has 1 saturated carbocycles. The highest BCUT2D eigenvalue weighted by Gasteiger charge is 2.43. The van der Waals surface area contributed by atoms with Gasteiger partial charge in [-0.15, -0.1) is 17.8 Å². The predicted octanol–water partition coefficient (Wildman–Crippen LogP) is 4.09.